The highest BCUT2D eigenvalue weighted by atomic mass is 35.5. The standard InChI is InChI=1S/C22H21ClN2O5S/c1-4-29-20(26)12-30-17-8-6-14(9-18(17)28-3)10-19-21(27)25-22(31-19)24-15-7-5-13(2)16(23)11-15/h5-11H,4,12H2,1-3H3,(H,24,25,27)/b19-10-. The third-order valence-electron chi connectivity index (χ3n) is 4.17. The molecule has 1 aliphatic heterocycles. The van der Waals surface area contributed by atoms with Crippen molar-refractivity contribution in [3.05, 3.63) is 57.5 Å². The van der Waals surface area contributed by atoms with Crippen LogP contribution >= 0.6 is 23.4 Å². The average Bonchev–Trinajstić information content (AvgIpc) is 3.08. The van der Waals surface area contributed by atoms with Crippen molar-refractivity contribution in [1.82, 2.24) is 5.32 Å². The van der Waals surface area contributed by atoms with Gasteiger partial charge in [0.05, 0.1) is 24.3 Å². The summed E-state index contributed by atoms with van der Waals surface area (Å²) in [5.74, 6) is 0.130. The number of rotatable bonds is 7. The maximum atomic E-state index is 12.3. The molecule has 3 rings (SSSR count). The van der Waals surface area contributed by atoms with Gasteiger partial charge in [0.15, 0.2) is 23.3 Å². The first-order valence-corrected chi connectivity index (χ1v) is 10.6. The van der Waals surface area contributed by atoms with Crippen molar-refractivity contribution in [2.75, 3.05) is 20.3 Å². The number of halogens is 1. The van der Waals surface area contributed by atoms with Gasteiger partial charge in [0, 0.05) is 5.02 Å². The van der Waals surface area contributed by atoms with E-state index in [-0.39, 0.29) is 19.1 Å². The van der Waals surface area contributed by atoms with E-state index in [0.29, 0.717) is 32.3 Å². The Labute approximate surface area is 189 Å². The lowest BCUT2D eigenvalue weighted by atomic mass is 10.2. The number of nitrogens with one attached hydrogen (secondary N) is 1. The number of esters is 1. The molecule has 0 bridgehead atoms. The van der Waals surface area contributed by atoms with Crippen molar-refractivity contribution in [2.45, 2.75) is 13.8 Å². The van der Waals surface area contributed by atoms with Gasteiger partial charge in [-0.25, -0.2) is 9.79 Å². The minimum absolute atomic E-state index is 0.217. The number of hydrogen-bond acceptors (Lipinski definition) is 7. The van der Waals surface area contributed by atoms with Crippen molar-refractivity contribution in [1.29, 1.82) is 0 Å². The first-order chi connectivity index (χ1) is 14.9. The lowest BCUT2D eigenvalue weighted by Crippen LogP contribution is -2.19. The van der Waals surface area contributed by atoms with Crippen LogP contribution in [-0.2, 0) is 14.3 Å². The fraction of sp³-hybridized carbons (Fsp3) is 0.227. The van der Waals surface area contributed by atoms with Crippen LogP contribution in [0, 0.1) is 6.92 Å². The SMILES string of the molecule is CCOC(=O)COc1ccc(/C=C2\SC(=Nc3ccc(C)c(Cl)c3)NC2=O)cc1OC. The van der Waals surface area contributed by atoms with Crippen LogP contribution in [0.2, 0.25) is 5.02 Å². The molecule has 0 saturated carbocycles. The summed E-state index contributed by atoms with van der Waals surface area (Å²) in [7, 11) is 1.50. The van der Waals surface area contributed by atoms with E-state index in [2.05, 4.69) is 10.3 Å². The predicted molar refractivity (Wildman–Crippen MR) is 122 cm³/mol. The summed E-state index contributed by atoms with van der Waals surface area (Å²) in [6, 6.07) is 10.6. The molecular formula is C22H21ClN2O5S. The Bertz CT molecular complexity index is 1070. The number of thioether (sulfide) groups is 1. The number of hydrogen-bond donors (Lipinski definition) is 1. The Morgan fingerprint density at radius 1 is 1.23 bits per heavy atom. The van der Waals surface area contributed by atoms with Gasteiger partial charge in [0.25, 0.3) is 5.91 Å². The summed E-state index contributed by atoms with van der Waals surface area (Å²) in [6.45, 7) is 3.71. The van der Waals surface area contributed by atoms with Crippen LogP contribution in [0.15, 0.2) is 46.3 Å². The molecule has 2 aromatic carbocycles. The lowest BCUT2D eigenvalue weighted by molar-refractivity contribution is -0.145. The smallest absolute Gasteiger partial charge is 0.344 e. The van der Waals surface area contributed by atoms with Crippen LogP contribution < -0.4 is 14.8 Å². The van der Waals surface area contributed by atoms with Crippen LogP contribution in [0.4, 0.5) is 5.69 Å². The van der Waals surface area contributed by atoms with Gasteiger partial charge >= 0.3 is 5.97 Å². The number of benzene rings is 2. The molecule has 1 fully saturated rings. The molecule has 2 aromatic rings. The highest BCUT2D eigenvalue weighted by Crippen LogP contribution is 2.32. The third kappa shape index (κ3) is 6.02. The highest BCUT2D eigenvalue weighted by molar-refractivity contribution is 8.18. The second-order valence-electron chi connectivity index (χ2n) is 6.42. The van der Waals surface area contributed by atoms with E-state index in [1.165, 1.54) is 18.9 Å². The summed E-state index contributed by atoms with van der Waals surface area (Å²) in [4.78, 5) is 28.8. The Balaban J connectivity index is 1.74. The number of carbonyl (C=O) groups excluding carboxylic acids is 2. The molecule has 0 spiro atoms. The van der Waals surface area contributed by atoms with E-state index in [0.717, 1.165) is 11.1 Å². The quantitative estimate of drug-likeness (QED) is 0.484. The van der Waals surface area contributed by atoms with Crippen LogP contribution in [-0.4, -0.2) is 37.4 Å². The molecule has 31 heavy (non-hydrogen) atoms. The summed E-state index contributed by atoms with van der Waals surface area (Å²) in [6.07, 6.45) is 1.72. The minimum Gasteiger partial charge on any atom is -0.493 e. The van der Waals surface area contributed by atoms with Crippen LogP contribution in [0.3, 0.4) is 0 Å². The molecule has 1 heterocycles. The second-order valence-corrected chi connectivity index (χ2v) is 7.86. The molecule has 1 N–H and O–H groups in total. The molecule has 0 atom stereocenters. The Kier molecular flexibility index (Phi) is 7.59. The van der Waals surface area contributed by atoms with Crippen molar-refractivity contribution in [3.8, 4) is 11.5 Å². The maximum absolute atomic E-state index is 12.3. The van der Waals surface area contributed by atoms with Gasteiger partial charge in [-0.15, -0.1) is 0 Å². The summed E-state index contributed by atoms with van der Waals surface area (Å²) >= 11 is 7.37. The molecule has 7 nitrogen and oxygen atoms in total. The zero-order chi connectivity index (χ0) is 22.4. The molecule has 0 aliphatic carbocycles. The largest absolute Gasteiger partial charge is 0.493 e. The maximum Gasteiger partial charge on any atom is 0.344 e. The van der Waals surface area contributed by atoms with Gasteiger partial charge in [-0.05, 0) is 67.1 Å². The van der Waals surface area contributed by atoms with E-state index in [4.69, 9.17) is 25.8 Å². The molecule has 1 amide bonds. The van der Waals surface area contributed by atoms with Crippen molar-refractivity contribution < 1.29 is 23.8 Å². The van der Waals surface area contributed by atoms with Gasteiger partial charge in [-0.2, -0.15) is 0 Å². The van der Waals surface area contributed by atoms with Gasteiger partial charge in [0.1, 0.15) is 0 Å². The number of aliphatic imine (C=N–C) groups is 1. The number of amidine groups is 1. The van der Waals surface area contributed by atoms with E-state index in [9.17, 15) is 9.59 Å². The predicted octanol–water partition coefficient (Wildman–Crippen LogP) is 4.49. The first-order valence-electron chi connectivity index (χ1n) is 9.41. The topological polar surface area (TPSA) is 86.2 Å². The van der Waals surface area contributed by atoms with Gasteiger partial charge in [0.2, 0.25) is 0 Å². The zero-order valence-corrected chi connectivity index (χ0v) is 18.8. The molecule has 1 aliphatic rings. The van der Waals surface area contributed by atoms with Crippen molar-refractivity contribution >= 4 is 52.2 Å². The highest BCUT2D eigenvalue weighted by Gasteiger charge is 2.24. The van der Waals surface area contributed by atoms with Crippen LogP contribution in [0.5, 0.6) is 11.5 Å². The Hall–Kier alpha value is -2.97. The molecule has 1 saturated heterocycles. The molecule has 162 valence electrons. The molecular weight excluding hydrogens is 440 g/mol. The number of ether oxygens (including phenoxy) is 3. The van der Waals surface area contributed by atoms with Crippen molar-refractivity contribution in [2.24, 2.45) is 4.99 Å². The van der Waals surface area contributed by atoms with Gasteiger partial charge in [-0.3, -0.25) is 4.79 Å². The molecule has 9 heteroatoms. The van der Waals surface area contributed by atoms with E-state index < -0.39 is 5.97 Å². The number of carbonyl (C=O) groups is 2. The van der Waals surface area contributed by atoms with Gasteiger partial charge < -0.3 is 19.5 Å². The Morgan fingerprint density at radius 2 is 2.03 bits per heavy atom. The monoisotopic (exact) mass is 460 g/mol. The fourth-order valence-electron chi connectivity index (χ4n) is 2.63. The molecule has 0 unspecified atom stereocenters. The van der Waals surface area contributed by atoms with Gasteiger partial charge in [-0.1, -0.05) is 23.7 Å². The molecule has 0 aromatic heterocycles. The van der Waals surface area contributed by atoms with Crippen LogP contribution in [0.25, 0.3) is 6.08 Å². The summed E-state index contributed by atoms with van der Waals surface area (Å²) < 4.78 is 15.6. The summed E-state index contributed by atoms with van der Waals surface area (Å²) in [5.41, 5.74) is 2.35. The second kappa shape index (κ2) is 10.4. The summed E-state index contributed by atoms with van der Waals surface area (Å²) in [5, 5.41) is 3.83. The number of methoxy groups -OCH3 is 1. The van der Waals surface area contributed by atoms with E-state index in [1.807, 2.05) is 19.1 Å². The van der Waals surface area contributed by atoms with Crippen molar-refractivity contribution in [3.63, 3.8) is 0 Å². The fourth-order valence-corrected chi connectivity index (χ4v) is 3.65. The lowest BCUT2D eigenvalue weighted by Gasteiger charge is -2.11. The Morgan fingerprint density at radius 3 is 2.74 bits per heavy atom. The average molecular weight is 461 g/mol. The normalized spacial score (nSPS) is 15.8. The first kappa shape index (κ1) is 22.7. The van der Waals surface area contributed by atoms with Crippen LogP contribution in [0.1, 0.15) is 18.1 Å². The number of nitrogens with zero attached hydrogens (tertiary/aromatic N) is 1. The van der Waals surface area contributed by atoms with E-state index >= 15 is 0 Å². The third-order valence-corrected chi connectivity index (χ3v) is 5.49. The minimum atomic E-state index is -0.462. The van der Waals surface area contributed by atoms with E-state index in [1.54, 1.807) is 37.3 Å². The number of aryl methyl sites for hydroxylation is 1. The zero-order valence-electron chi connectivity index (χ0n) is 17.2. The number of amides is 1. The molecule has 0 radical (unpaired) electrons.